The lowest BCUT2D eigenvalue weighted by molar-refractivity contribution is 0.0956. The molecular weight excluding hydrogens is 256 g/mol. The maximum absolute atomic E-state index is 11.7. The van der Waals surface area contributed by atoms with Gasteiger partial charge in [-0.3, -0.25) is 4.79 Å². The molecule has 0 aliphatic rings. The van der Waals surface area contributed by atoms with Crippen molar-refractivity contribution in [3.63, 3.8) is 0 Å². The van der Waals surface area contributed by atoms with E-state index in [2.05, 4.69) is 5.32 Å². The van der Waals surface area contributed by atoms with Crippen LogP contribution in [0.25, 0.3) is 0 Å². The third-order valence-corrected chi connectivity index (χ3v) is 3.13. The predicted molar refractivity (Wildman–Crippen MR) is 69.5 cm³/mol. The molecule has 1 amide bonds. The number of hydrogen-bond acceptors (Lipinski definition) is 5. The van der Waals surface area contributed by atoms with Gasteiger partial charge in [0.2, 0.25) is 0 Å². The Hall–Kier alpha value is -1.76. The van der Waals surface area contributed by atoms with Crippen LogP contribution in [0, 0.1) is 0 Å². The summed E-state index contributed by atoms with van der Waals surface area (Å²) in [5.41, 5.74) is 6.35. The molecule has 0 heterocycles. The summed E-state index contributed by atoms with van der Waals surface area (Å²) in [7, 11) is -1.61. The average molecular weight is 272 g/mol. The number of amides is 1. The van der Waals surface area contributed by atoms with Gasteiger partial charge in [-0.25, -0.2) is 8.42 Å². The maximum Gasteiger partial charge on any atom is 0.251 e. The van der Waals surface area contributed by atoms with Crippen molar-refractivity contribution in [1.82, 2.24) is 5.32 Å². The fourth-order valence-electron chi connectivity index (χ4n) is 1.32. The number of rotatable bonds is 5. The molecule has 1 aromatic carbocycles. The van der Waals surface area contributed by atoms with Crippen molar-refractivity contribution in [3.8, 4) is 5.75 Å². The smallest absolute Gasteiger partial charge is 0.251 e. The number of nitrogens with two attached hydrogens (primary N) is 1. The molecule has 0 spiro atoms. The molecule has 0 saturated heterocycles. The number of benzene rings is 1. The van der Waals surface area contributed by atoms with Crippen LogP contribution in [0.5, 0.6) is 5.75 Å². The Balaban J connectivity index is 2.69. The van der Waals surface area contributed by atoms with Gasteiger partial charge < -0.3 is 15.8 Å². The summed E-state index contributed by atoms with van der Waals surface area (Å²) in [5, 5.41) is 2.50. The van der Waals surface area contributed by atoms with Gasteiger partial charge in [-0.05, 0) is 12.1 Å². The van der Waals surface area contributed by atoms with Crippen molar-refractivity contribution in [2.24, 2.45) is 0 Å². The van der Waals surface area contributed by atoms with Gasteiger partial charge in [0.1, 0.15) is 15.6 Å². The van der Waals surface area contributed by atoms with Crippen LogP contribution < -0.4 is 15.8 Å². The summed E-state index contributed by atoms with van der Waals surface area (Å²) in [4.78, 5) is 11.7. The Morgan fingerprint density at radius 2 is 2.06 bits per heavy atom. The van der Waals surface area contributed by atoms with E-state index in [1.54, 1.807) is 6.07 Å². The first kappa shape index (κ1) is 14.3. The molecule has 1 aromatic rings. The summed E-state index contributed by atoms with van der Waals surface area (Å²) >= 11 is 0. The quantitative estimate of drug-likeness (QED) is 0.738. The van der Waals surface area contributed by atoms with Crippen LogP contribution in [0.1, 0.15) is 10.4 Å². The first-order valence-corrected chi connectivity index (χ1v) is 7.28. The van der Waals surface area contributed by atoms with Crippen molar-refractivity contribution in [2.45, 2.75) is 0 Å². The van der Waals surface area contributed by atoms with Crippen molar-refractivity contribution in [1.29, 1.82) is 0 Å². The summed E-state index contributed by atoms with van der Waals surface area (Å²) in [6.07, 6.45) is 1.11. The average Bonchev–Trinajstić information content (AvgIpc) is 2.26. The molecule has 7 heteroatoms. The normalized spacial score (nSPS) is 11.0. The highest BCUT2D eigenvalue weighted by atomic mass is 32.2. The zero-order valence-corrected chi connectivity index (χ0v) is 11.1. The highest BCUT2D eigenvalue weighted by Crippen LogP contribution is 2.18. The molecule has 0 radical (unpaired) electrons. The monoisotopic (exact) mass is 272 g/mol. The molecular formula is C11H16N2O4S. The first-order valence-electron chi connectivity index (χ1n) is 5.22. The Morgan fingerprint density at radius 1 is 1.39 bits per heavy atom. The van der Waals surface area contributed by atoms with Crippen LogP contribution in [-0.4, -0.2) is 40.0 Å². The summed E-state index contributed by atoms with van der Waals surface area (Å²) in [6.45, 7) is 0.0643. The SMILES string of the molecule is COc1cc(N)cc(C(=O)NCCS(C)(=O)=O)c1. The number of sulfone groups is 1. The van der Waals surface area contributed by atoms with Gasteiger partial charge in [0, 0.05) is 30.1 Å². The van der Waals surface area contributed by atoms with E-state index in [0.717, 1.165) is 6.26 Å². The number of carbonyl (C=O) groups is 1. The summed E-state index contributed by atoms with van der Waals surface area (Å²) < 4.78 is 26.8. The number of hydrogen-bond donors (Lipinski definition) is 2. The molecule has 0 bridgehead atoms. The van der Waals surface area contributed by atoms with Gasteiger partial charge in [0.15, 0.2) is 0 Å². The second-order valence-electron chi connectivity index (χ2n) is 3.88. The van der Waals surface area contributed by atoms with Crippen molar-refractivity contribution >= 4 is 21.4 Å². The topological polar surface area (TPSA) is 98.5 Å². The van der Waals surface area contributed by atoms with E-state index < -0.39 is 9.84 Å². The van der Waals surface area contributed by atoms with Crippen LogP contribution in [-0.2, 0) is 9.84 Å². The predicted octanol–water partition coefficient (Wildman–Crippen LogP) is 0.0518. The van der Waals surface area contributed by atoms with E-state index in [0.29, 0.717) is 17.0 Å². The molecule has 0 atom stereocenters. The summed E-state index contributed by atoms with van der Waals surface area (Å²) in [5.74, 6) is -0.00873. The van der Waals surface area contributed by atoms with E-state index in [9.17, 15) is 13.2 Å². The molecule has 0 aliphatic carbocycles. The number of anilines is 1. The van der Waals surface area contributed by atoms with Crippen LogP contribution in [0.2, 0.25) is 0 Å². The molecule has 100 valence electrons. The van der Waals surface area contributed by atoms with Gasteiger partial charge in [0.25, 0.3) is 5.91 Å². The standard InChI is InChI=1S/C11H16N2O4S/c1-17-10-6-8(5-9(12)7-10)11(14)13-3-4-18(2,15)16/h5-7H,3-4,12H2,1-2H3,(H,13,14). The molecule has 6 nitrogen and oxygen atoms in total. The molecule has 0 saturated carbocycles. The van der Waals surface area contributed by atoms with Crippen LogP contribution >= 0.6 is 0 Å². The number of nitrogen functional groups attached to an aromatic ring is 1. The number of ether oxygens (including phenoxy) is 1. The minimum atomic E-state index is -3.09. The fraction of sp³-hybridized carbons (Fsp3) is 0.364. The third-order valence-electron chi connectivity index (χ3n) is 2.19. The van der Waals surface area contributed by atoms with Gasteiger partial charge in [-0.1, -0.05) is 0 Å². The van der Waals surface area contributed by atoms with Crippen LogP contribution in [0.4, 0.5) is 5.69 Å². The third kappa shape index (κ3) is 4.62. The molecule has 0 aliphatic heterocycles. The Kier molecular flexibility index (Phi) is 4.55. The molecule has 0 fully saturated rings. The molecule has 0 aromatic heterocycles. The zero-order valence-electron chi connectivity index (χ0n) is 10.3. The van der Waals surface area contributed by atoms with Crippen LogP contribution in [0.15, 0.2) is 18.2 Å². The van der Waals surface area contributed by atoms with Crippen molar-refractivity contribution in [2.75, 3.05) is 31.4 Å². The van der Waals surface area contributed by atoms with E-state index in [1.807, 2.05) is 0 Å². The van der Waals surface area contributed by atoms with E-state index in [-0.39, 0.29) is 18.2 Å². The molecule has 3 N–H and O–H groups in total. The Bertz CT molecular complexity index is 540. The highest BCUT2D eigenvalue weighted by molar-refractivity contribution is 7.90. The second kappa shape index (κ2) is 5.72. The molecule has 0 unspecified atom stereocenters. The minimum Gasteiger partial charge on any atom is -0.497 e. The first-order chi connectivity index (χ1) is 8.31. The highest BCUT2D eigenvalue weighted by Gasteiger charge is 2.09. The number of nitrogens with one attached hydrogen (secondary N) is 1. The summed E-state index contributed by atoms with van der Waals surface area (Å²) in [6, 6.07) is 4.62. The Morgan fingerprint density at radius 3 is 2.61 bits per heavy atom. The Labute approximate surface area is 106 Å². The van der Waals surface area contributed by atoms with Crippen molar-refractivity contribution in [3.05, 3.63) is 23.8 Å². The number of methoxy groups -OCH3 is 1. The fourth-order valence-corrected chi connectivity index (χ4v) is 1.80. The van der Waals surface area contributed by atoms with Gasteiger partial charge in [0.05, 0.1) is 12.9 Å². The van der Waals surface area contributed by atoms with Crippen molar-refractivity contribution < 1.29 is 17.9 Å². The molecule has 1 rings (SSSR count). The van der Waals surface area contributed by atoms with E-state index in [1.165, 1.54) is 19.2 Å². The van der Waals surface area contributed by atoms with E-state index in [4.69, 9.17) is 10.5 Å². The van der Waals surface area contributed by atoms with E-state index >= 15 is 0 Å². The van der Waals surface area contributed by atoms with Gasteiger partial charge >= 0.3 is 0 Å². The van der Waals surface area contributed by atoms with Gasteiger partial charge in [-0.2, -0.15) is 0 Å². The van der Waals surface area contributed by atoms with Gasteiger partial charge in [-0.15, -0.1) is 0 Å². The zero-order chi connectivity index (χ0) is 13.8. The second-order valence-corrected chi connectivity index (χ2v) is 6.14. The lowest BCUT2D eigenvalue weighted by atomic mass is 10.2. The van der Waals surface area contributed by atoms with Crippen LogP contribution in [0.3, 0.4) is 0 Å². The molecule has 18 heavy (non-hydrogen) atoms. The lowest BCUT2D eigenvalue weighted by Gasteiger charge is -2.07. The minimum absolute atomic E-state index is 0.0643. The lowest BCUT2D eigenvalue weighted by Crippen LogP contribution is -2.28. The largest absolute Gasteiger partial charge is 0.497 e. The number of carbonyl (C=O) groups excluding carboxylic acids is 1. The maximum atomic E-state index is 11.7.